The minimum absolute atomic E-state index is 0.0267. The number of hydrogen-bond donors (Lipinski definition) is 2. The largest absolute Gasteiger partial charge is 0.511 e. The highest BCUT2D eigenvalue weighted by Gasteiger charge is 2.50. The minimum Gasteiger partial charge on any atom is -0.511 e. The second-order valence-corrected chi connectivity index (χ2v) is 13.9. The molecule has 0 radical (unpaired) electrons. The lowest BCUT2D eigenvalue weighted by atomic mass is 9.58. The molecule has 5 heteroatoms. The van der Waals surface area contributed by atoms with Crippen molar-refractivity contribution in [2.45, 2.75) is 117 Å². The molecule has 2 N–H and O–H groups in total. The van der Waals surface area contributed by atoms with Crippen molar-refractivity contribution in [2.75, 3.05) is 7.11 Å². The minimum atomic E-state index is -0.914. The lowest BCUT2D eigenvalue weighted by Crippen LogP contribution is -2.42. The second kappa shape index (κ2) is 13.8. The molecule has 4 aliphatic rings. The van der Waals surface area contributed by atoms with Crippen LogP contribution in [0.4, 0.5) is 0 Å². The third-order valence-corrected chi connectivity index (χ3v) is 10.3. The Labute approximate surface area is 247 Å². The summed E-state index contributed by atoms with van der Waals surface area (Å²) in [5.41, 5.74) is 2.88. The van der Waals surface area contributed by atoms with Crippen LogP contribution in [0.3, 0.4) is 0 Å². The summed E-state index contributed by atoms with van der Waals surface area (Å²) in [6.07, 6.45) is 24.0. The van der Waals surface area contributed by atoms with E-state index < -0.39 is 11.7 Å². The van der Waals surface area contributed by atoms with Crippen molar-refractivity contribution < 1.29 is 24.5 Å². The summed E-state index contributed by atoms with van der Waals surface area (Å²) in [7, 11) is 1.42. The summed E-state index contributed by atoms with van der Waals surface area (Å²) in [6, 6.07) is 0. The third-order valence-electron chi connectivity index (χ3n) is 10.3. The van der Waals surface area contributed by atoms with E-state index >= 15 is 0 Å². The number of aliphatic hydroxyl groups excluding tert-OH is 2. The number of Topliss-reactive ketones (excluding diaryl/α,β-unsaturated/α-hetero) is 2. The van der Waals surface area contributed by atoms with Gasteiger partial charge in [-0.25, -0.2) is 0 Å². The molecule has 41 heavy (non-hydrogen) atoms. The van der Waals surface area contributed by atoms with E-state index in [-0.39, 0.29) is 41.7 Å². The Bertz CT molecular complexity index is 1110. The molecule has 226 valence electrons. The molecular weight excluding hydrogens is 512 g/mol. The van der Waals surface area contributed by atoms with Gasteiger partial charge in [0.25, 0.3) is 0 Å². The van der Waals surface area contributed by atoms with Gasteiger partial charge in [-0.3, -0.25) is 9.59 Å². The van der Waals surface area contributed by atoms with Gasteiger partial charge in [-0.05, 0) is 74.5 Å². The normalized spacial score (nSPS) is 27.7. The van der Waals surface area contributed by atoms with E-state index in [2.05, 4.69) is 45.1 Å². The molecule has 0 aromatic rings. The lowest BCUT2D eigenvalue weighted by molar-refractivity contribution is -0.125. The van der Waals surface area contributed by atoms with Crippen molar-refractivity contribution in [1.82, 2.24) is 0 Å². The number of allylic oxidation sites excluding steroid dienone is 9. The molecule has 4 unspecified atom stereocenters. The van der Waals surface area contributed by atoms with Crippen LogP contribution < -0.4 is 0 Å². The molecule has 0 saturated heterocycles. The van der Waals surface area contributed by atoms with Gasteiger partial charge in [-0.2, -0.15) is 0 Å². The van der Waals surface area contributed by atoms with Crippen LogP contribution in [-0.4, -0.2) is 35.2 Å². The first-order chi connectivity index (χ1) is 19.5. The van der Waals surface area contributed by atoms with Crippen LogP contribution in [0.1, 0.15) is 111 Å². The highest BCUT2D eigenvalue weighted by atomic mass is 16.6. The molecule has 1 spiro atoms. The number of carbonyl (C=O) groups is 2. The molecule has 0 aliphatic heterocycles. The van der Waals surface area contributed by atoms with Crippen molar-refractivity contribution in [1.29, 1.82) is 0 Å². The van der Waals surface area contributed by atoms with Gasteiger partial charge in [0.15, 0.2) is 17.9 Å². The fourth-order valence-electron chi connectivity index (χ4n) is 7.61. The van der Waals surface area contributed by atoms with E-state index in [0.717, 1.165) is 57.8 Å². The topological polar surface area (TPSA) is 83.8 Å². The van der Waals surface area contributed by atoms with Crippen LogP contribution in [0.15, 0.2) is 58.9 Å². The van der Waals surface area contributed by atoms with Crippen LogP contribution in [0.2, 0.25) is 0 Å². The fourth-order valence-corrected chi connectivity index (χ4v) is 7.61. The van der Waals surface area contributed by atoms with Gasteiger partial charge in [0.2, 0.25) is 0 Å². The van der Waals surface area contributed by atoms with E-state index in [1.807, 2.05) is 0 Å². The summed E-state index contributed by atoms with van der Waals surface area (Å²) < 4.78 is 4.81. The van der Waals surface area contributed by atoms with Crippen LogP contribution >= 0.6 is 0 Å². The number of aliphatic hydroxyl groups is 2. The predicted molar refractivity (Wildman–Crippen MR) is 164 cm³/mol. The molecule has 0 aromatic carbocycles. The number of methoxy groups -OCH3 is 1. The summed E-state index contributed by atoms with van der Waals surface area (Å²) in [5.74, 6) is 0.818. The lowest BCUT2D eigenvalue weighted by Gasteiger charge is -2.46. The van der Waals surface area contributed by atoms with E-state index in [1.165, 1.54) is 25.5 Å². The molecule has 4 atom stereocenters. The van der Waals surface area contributed by atoms with E-state index in [4.69, 9.17) is 4.74 Å². The first kappa shape index (κ1) is 31.7. The van der Waals surface area contributed by atoms with Crippen molar-refractivity contribution in [3.05, 3.63) is 58.9 Å². The molecule has 0 heterocycles. The number of rotatable bonds is 10. The van der Waals surface area contributed by atoms with Gasteiger partial charge in [-0.1, -0.05) is 87.6 Å². The molecule has 5 nitrogen and oxygen atoms in total. The Morgan fingerprint density at radius 3 is 2.46 bits per heavy atom. The monoisotopic (exact) mass is 564 g/mol. The van der Waals surface area contributed by atoms with Crippen LogP contribution in [0.25, 0.3) is 0 Å². The van der Waals surface area contributed by atoms with E-state index in [1.54, 1.807) is 17.7 Å². The van der Waals surface area contributed by atoms with E-state index in [0.29, 0.717) is 23.7 Å². The maximum Gasteiger partial charge on any atom is 0.173 e. The van der Waals surface area contributed by atoms with Gasteiger partial charge in [0.1, 0.15) is 5.76 Å². The van der Waals surface area contributed by atoms with Crippen molar-refractivity contribution in [3.63, 3.8) is 0 Å². The van der Waals surface area contributed by atoms with Crippen LogP contribution in [-0.2, 0) is 14.3 Å². The summed E-state index contributed by atoms with van der Waals surface area (Å²) in [6.45, 7) is 7.00. The van der Waals surface area contributed by atoms with Crippen molar-refractivity contribution in [2.24, 2.45) is 28.6 Å². The molecular formula is C36H52O5. The molecule has 0 amide bonds. The van der Waals surface area contributed by atoms with Gasteiger partial charge >= 0.3 is 0 Å². The van der Waals surface area contributed by atoms with Gasteiger partial charge in [-0.15, -0.1) is 0 Å². The maximum atomic E-state index is 13.3. The average Bonchev–Trinajstić information content (AvgIpc) is 2.97. The Kier molecular flexibility index (Phi) is 10.7. The average molecular weight is 565 g/mol. The zero-order chi connectivity index (χ0) is 29.6. The molecule has 0 bridgehead atoms. The standard InChI is InChI=1S/C36H52O5/c1-35(2,3)28-20-17-27(18-21-28)26-15-12-25(13-16-26)14-19-29-24-31(38)33(30(37)10-6-7-11-32(39)41-4)34(40)36(29)22-8-5-9-23-36/h6-7,12,15,17,20,27-29,32,39-40H,5,8-11,13-14,16,18-19,21-24H2,1-4H3/b7-6+. The number of carbonyl (C=O) groups excluding carboxylic acids is 2. The Balaban J connectivity index is 1.42. The van der Waals surface area contributed by atoms with Gasteiger partial charge < -0.3 is 14.9 Å². The maximum absolute atomic E-state index is 13.3. The number of ether oxygens (including phenoxy) is 1. The van der Waals surface area contributed by atoms with Crippen molar-refractivity contribution in [3.8, 4) is 0 Å². The number of hydrogen-bond acceptors (Lipinski definition) is 5. The number of ketones is 2. The Morgan fingerprint density at radius 1 is 1.10 bits per heavy atom. The highest BCUT2D eigenvalue weighted by molar-refractivity contribution is 6.21. The first-order valence-corrected chi connectivity index (χ1v) is 16.0. The van der Waals surface area contributed by atoms with Crippen LogP contribution in [0, 0.1) is 28.6 Å². The molecule has 4 aliphatic carbocycles. The zero-order valence-corrected chi connectivity index (χ0v) is 25.8. The fraction of sp³-hybridized carbons (Fsp3) is 0.667. The smallest absolute Gasteiger partial charge is 0.173 e. The SMILES string of the molecule is COC(O)C/C=C/CC(=O)C1=C(O)C2(CCCCC2)C(CCC2=CC=C(C3C=CC(C(C)(C)C)CC3)CC2)CC1=O. The van der Waals surface area contributed by atoms with Gasteiger partial charge in [0.05, 0.1) is 5.57 Å². The Morgan fingerprint density at radius 2 is 1.85 bits per heavy atom. The second-order valence-electron chi connectivity index (χ2n) is 13.9. The molecule has 1 fully saturated rings. The molecule has 0 aromatic heterocycles. The quantitative estimate of drug-likeness (QED) is 0.158. The zero-order valence-electron chi connectivity index (χ0n) is 25.8. The molecule has 4 rings (SSSR count). The van der Waals surface area contributed by atoms with Crippen LogP contribution in [0.5, 0.6) is 0 Å². The van der Waals surface area contributed by atoms with E-state index in [9.17, 15) is 19.8 Å². The first-order valence-electron chi connectivity index (χ1n) is 16.0. The predicted octanol–water partition coefficient (Wildman–Crippen LogP) is 8.26. The summed E-state index contributed by atoms with van der Waals surface area (Å²) in [5, 5.41) is 21.1. The third kappa shape index (κ3) is 7.59. The summed E-state index contributed by atoms with van der Waals surface area (Å²) >= 11 is 0. The highest BCUT2D eigenvalue weighted by Crippen LogP contribution is 2.54. The van der Waals surface area contributed by atoms with Crippen molar-refractivity contribution >= 4 is 11.6 Å². The Hall–Kier alpha value is -2.24. The summed E-state index contributed by atoms with van der Waals surface area (Å²) in [4.78, 5) is 26.4. The molecule has 1 saturated carbocycles. The van der Waals surface area contributed by atoms with Gasteiger partial charge in [0, 0.05) is 31.8 Å².